The topological polar surface area (TPSA) is 64.3 Å². The van der Waals surface area contributed by atoms with Crippen LogP contribution in [0.3, 0.4) is 0 Å². The maximum atomic E-state index is 11.7. The highest BCUT2D eigenvalue weighted by atomic mass is 16.3. The molecule has 0 saturated carbocycles. The number of amides is 1. The molecule has 0 fully saturated rings. The highest BCUT2D eigenvalue weighted by Crippen LogP contribution is 2.19. The van der Waals surface area contributed by atoms with Gasteiger partial charge in [-0.3, -0.25) is 4.79 Å². The molecule has 4 nitrogen and oxygen atoms in total. The fraction of sp³-hybridized carbons (Fsp3) is 0.273. The number of aromatic hydroxyl groups is 1. The standard InChI is InChI=1S/C11H12N2O2/c1-8-3-4-10(14)9(7-8)11(15)13(2)6-5-12/h3-4,7,14H,6H2,1-2H3. The molecule has 1 aromatic carbocycles. The first-order chi connectivity index (χ1) is 7.06. The Morgan fingerprint density at radius 2 is 2.27 bits per heavy atom. The smallest absolute Gasteiger partial charge is 0.258 e. The van der Waals surface area contributed by atoms with Crippen molar-refractivity contribution in [1.29, 1.82) is 5.26 Å². The predicted molar refractivity (Wildman–Crippen MR) is 55.4 cm³/mol. The molecule has 1 N–H and O–H groups in total. The molecule has 78 valence electrons. The molecule has 0 aromatic heterocycles. The molecule has 1 aromatic rings. The Kier molecular flexibility index (Phi) is 3.29. The molecule has 1 amide bonds. The number of phenols is 1. The second-order valence-corrected chi connectivity index (χ2v) is 3.34. The summed E-state index contributed by atoms with van der Waals surface area (Å²) >= 11 is 0. The van der Waals surface area contributed by atoms with Gasteiger partial charge in [-0.25, -0.2) is 0 Å². The Hall–Kier alpha value is -2.02. The lowest BCUT2D eigenvalue weighted by molar-refractivity contribution is 0.0809. The Morgan fingerprint density at radius 3 is 2.87 bits per heavy atom. The molecule has 4 heteroatoms. The summed E-state index contributed by atoms with van der Waals surface area (Å²) in [6.45, 7) is 1.84. The number of carbonyl (C=O) groups is 1. The Balaban J connectivity index is 3.01. The van der Waals surface area contributed by atoms with Crippen LogP contribution in [-0.2, 0) is 0 Å². The van der Waals surface area contributed by atoms with Crippen molar-refractivity contribution in [1.82, 2.24) is 4.90 Å². The molecule has 0 aliphatic rings. The summed E-state index contributed by atoms with van der Waals surface area (Å²) < 4.78 is 0. The zero-order chi connectivity index (χ0) is 11.4. The number of nitriles is 1. The van der Waals surface area contributed by atoms with E-state index in [0.29, 0.717) is 0 Å². The van der Waals surface area contributed by atoms with Gasteiger partial charge >= 0.3 is 0 Å². The van der Waals surface area contributed by atoms with E-state index in [4.69, 9.17) is 5.26 Å². The van der Waals surface area contributed by atoms with Crippen LogP contribution in [0.5, 0.6) is 5.75 Å². The number of rotatable bonds is 2. The van der Waals surface area contributed by atoms with E-state index in [1.165, 1.54) is 18.0 Å². The lowest BCUT2D eigenvalue weighted by Gasteiger charge is -2.14. The molecule has 0 bridgehead atoms. The number of phenolic OH excluding ortho intramolecular Hbond substituents is 1. The van der Waals surface area contributed by atoms with Crippen LogP contribution in [0.25, 0.3) is 0 Å². The largest absolute Gasteiger partial charge is 0.507 e. The van der Waals surface area contributed by atoms with Gasteiger partial charge in [-0.05, 0) is 19.1 Å². The fourth-order valence-electron chi connectivity index (χ4n) is 1.20. The van der Waals surface area contributed by atoms with Gasteiger partial charge in [0.05, 0.1) is 11.6 Å². The molecular weight excluding hydrogens is 192 g/mol. The van der Waals surface area contributed by atoms with E-state index in [9.17, 15) is 9.90 Å². The third-order valence-electron chi connectivity index (χ3n) is 2.04. The van der Waals surface area contributed by atoms with Crippen LogP contribution < -0.4 is 0 Å². The minimum atomic E-state index is -0.349. The second-order valence-electron chi connectivity index (χ2n) is 3.34. The maximum absolute atomic E-state index is 11.7. The van der Waals surface area contributed by atoms with E-state index in [-0.39, 0.29) is 23.8 Å². The normalized spacial score (nSPS) is 9.40. The monoisotopic (exact) mass is 204 g/mol. The summed E-state index contributed by atoms with van der Waals surface area (Å²) in [4.78, 5) is 13.0. The molecule has 0 spiro atoms. The number of hydrogen-bond donors (Lipinski definition) is 1. The van der Waals surface area contributed by atoms with Crippen LogP contribution in [-0.4, -0.2) is 29.5 Å². The molecule has 0 radical (unpaired) electrons. The Bertz CT molecular complexity index is 421. The summed E-state index contributed by atoms with van der Waals surface area (Å²) in [6, 6.07) is 6.67. The molecule has 0 aliphatic heterocycles. The lowest BCUT2D eigenvalue weighted by Crippen LogP contribution is -2.27. The highest BCUT2D eigenvalue weighted by Gasteiger charge is 2.15. The van der Waals surface area contributed by atoms with Crippen LogP contribution >= 0.6 is 0 Å². The zero-order valence-electron chi connectivity index (χ0n) is 8.69. The van der Waals surface area contributed by atoms with E-state index in [0.717, 1.165) is 5.56 Å². The molecule has 0 aliphatic carbocycles. The van der Waals surface area contributed by atoms with Gasteiger partial charge in [-0.2, -0.15) is 5.26 Å². The van der Waals surface area contributed by atoms with Gasteiger partial charge in [0.15, 0.2) is 0 Å². The number of aryl methyl sites for hydroxylation is 1. The number of hydrogen-bond acceptors (Lipinski definition) is 3. The zero-order valence-corrected chi connectivity index (χ0v) is 8.69. The molecule has 0 atom stereocenters. The van der Waals surface area contributed by atoms with Crippen molar-refractivity contribution in [3.05, 3.63) is 29.3 Å². The first kappa shape index (κ1) is 11.1. The summed E-state index contributed by atoms with van der Waals surface area (Å²) in [7, 11) is 1.52. The van der Waals surface area contributed by atoms with Crippen molar-refractivity contribution >= 4 is 5.91 Å². The quantitative estimate of drug-likeness (QED) is 0.738. The van der Waals surface area contributed by atoms with Gasteiger partial charge in [0, 0.05) is 7.05 Å². The molecule has 1 rings (SSSR count). The number of nitrogens with zero attached hydrogens (tertiary/aromatic N) is 2. The van der Waals surface area contributed by atoms with Crippen LogP contribution in [0.15, 0.2) is 18.2 Å². The van der Waals surface area contributed by atoms with Crippen molar-refractivity contribution < 1.29 is 9.90 Å². The van der Waals surface area contributed by atoms with Crippen molar-refractivity contribution in [2.75, 3.05) is 13.6 Å². The summed E-state index contributed by atoms with van der Waals surface area (Å²) in [5, 5.41) is 17.9. The maximum Gasteiger partial charge on any atom is 0.258 e. The van der Waals surface area contributed by atoms with Crippen molar-refractivity contribution in [2.24, 2.45) is 0 Å². The number of benzene rings is 1. The summed E-state index contributed by atoms with van der Waals surface area (Å²) in [6.07, 6.45) is 0. The van der Waals surface area contributed by atoms with Crippen molar-refractivity contribution in [3.63, 3.8) is 0 Å². The number of carbonyl (C=O) groups excluding carboxylic acids is 1. The van der Waals surface area contributed by atoms with E-state index in [2.05, 4.69) is 0 Å². The van der Waals surface area contributed by atoms with E-state index in [1.54, 1.807) is 12.1 Å². The Labute approximate surface area is 88.4 Å². The van der Waals surface area contributed by atoms with Gasteiger partial charge in [0.2, 0.25) is 0 Å². The predicted octanol–water partition coefficient (Wildman–Crippen LogP) is 1.30. The molecule has 0 heterocycles. The molecular formula is C11H12N2O2. The summed E-state index contributed by atoms with van der Waals surface area (Å²) in [5.74, 6) is -0.409. The van der Waals surface area contributed by atoms with E-state index < -0.39 is 0 Å². The van der Waals surface area contributed by atoms with Gasteiger partial charge in [-0.1, -0.05) is 11.6 Å². The van der Waals surface area contributed by atoms with Gasteiger partial charge < -0.3 is 10.0 Å². The third-order valence-corrected chi connectivity index (χ3v) is 2.04. The molecule has 15 heavy (non-hydrogen) atoms. The van der Waals surface area contributed by atoms with Gasteiger partial charge in [0.1, 0.15) is 12.3 Å². The SMILES string of the molecule is Cc1ccc(O)c(C(=O)N(C)CC#N)c1. The average Bonchev–Trinajstić information content (AvgIpc) is 2.21. The van der Waals surface area contributed by atoms with Crippen LogP contribution in [0.2, 0.25) is 0 Å². The van der Waals surface area contributed by atoms with Gasteiger partial charge in [0.25, 0.3) is 5.91 Å². The van der Waals surface area contributed by atoms with Crippen molar-refractivity contribution in [3.8, 4) is 11.8 Å². The van der Waals surface area contributed by atoms with Gasteiger partial charge in [-0.15, -0.1) is 0 Å². The van der Waals surface area contributed by atoms with Crippen LogP contribution in [0, 0.1) is 18.3 Å². The first-order valence-corrected chi connectivity index (χ1v) is 4.48. The van der Waals surface area contributed by atoms with E-state index >= 15 is 0 Å². The minimum absolute atomic E-state index is 0.00617. The average molecular weight is 204 g/mol. The fourth-order valence-corrected chi connectivity index (χ4v) is 1.20. The Morgan fingerprint density at radius 1 is 1.60 bits per heavy atom. The second kappa shape index (κ2) is 4.47. The first-order valence-electron chi connectivity index (χ1n) is 4.48. The molecule has 0 saturated heterocycles. The van der Waals surface area contributed by atoms with Crippen LogP contribution in [0.1, 0.15) is 15.9 Å². The lowest BCUT2D eigenvalue weighted by atomic mass is 10.1. The van der Waals surface area contributed by atoms with Crippen LogP contribution in [0.4, 0.5) is 0 Å². The minimum Gasteiger partial charge on any atom is -0.507 e. The van der Waals surface area contributed by atoms with E-state index in [1.807, 2.05) is 13.0 Å². The van der Waals surface area contributed by atoms with Crippen molar-refractivity contribution in [2.45, 2.75) is 6.92 Å². The third kappa shape index (κ3) is 2.47. The highest BCUT2D eigenvalue weighted by molar-refractivity contribution is 5.96. The summed E-state index contributed by atoms with van der Waals surface area (Å²) in [5.41, 5.74) is 1.12. The molecule has 0 unspecified atom stereocenters.